The molecule has 0 radical (unpaired) electrons. The van der Waals surface area contributed by atoms with Crippen molar-refractivity contribution in [3.63, 3.8) is 0 Å². The Kier molecular flexibility index (Phi) is 10.1. The van der Waals surface area contributed by atoms with Gasteiger partial charge in [0, 0.05) is 31.2 Å². The van der Waals surface area contributed by atoms with E-state index in [2.05, 4.69) is 5.32 Å². The van der Waals surface area contributed by atoms with Gasteiger partial charge in [-0.25, -0.2) is 8.42 Å². The number of carbonyl (C=O) groups excluding carboxylic acids is 2. The van der Waals surface area contributed by atoms with Crippen LogP contribution < -0.4 is 10.1 Å². The van der Waals surface area contributed by atoms with Crippen LogP contribution in [0.25, 0.3) is 0 Å². The van der Waals surface area contributed by atoms with Crippen LogP contribution in [0.4, 0.5) is 0 Å². The first-order valence-electron chi connectivity index (χ1n) is 11.5. The molecule has 1 heterocycles. The van der Waals surface area contributed by atoms with Crippen LogP contribution in [-0.4, -0.2) is 86.6 Å². The molecule has 2 aromatic carbocycles. The van der Waals surface area contributed by atoms with Crippen LogP contribution >= 0.6 is 11.6 Å². The van der Waals surface area contributed by atoms with Crippen LogP contribution in [0, 0.1) is 0 Å². The molecule has 2 N–H and O–H groups in total. The van der Waals surface area contributed by atoms with Crippen LogP contribution in [0.3, 0.4) is 0 Å². The van der Waals surface area contributed by atoms with E-state index < -0.39 is 27.9 Å². The zero-order valence-electron chi connectivity index (χ0n) is 19.9. The molecule has 0 aromatic heterocycles. The summed E-state index contributed by atoms with van der Waals surface area (Å²) in [6.07, 6.45) is 0. The van der Waals surface area contributed by atoms with Gasteiger partial charge < -0.3 is 24.8 Å². The van der Waals surface area contributed by atoms with Gasteiger partial charge in [-0.05, 0) is 48.9 Å². The Morgan fingerprint density at radius 1 is 1.14 bits per heavy atom. The van der Waals surface area contributed by atoms with Gasteiger partial charge in [-0.1, -0.05) is 23.7 Å². The first kappa shape index (κ1) is 27.9. The molecule has 0 saturated carbocycles. The molecule has 36 heavy (non-hydrogen) atoms. The lowest BCUT2D eigenvalue weighted by Crippen LogP contribution is -2.49. The van der Waals surface area contributed by atoms with Crippen molar-refractivity contribution in [2.24, 2.45) is 0 Å². The van der Waals surface area contributed by atoms with Crippen molar-refractivity contribution in [3.05, 3.63) is 59.1 Å². The second-order valence-corrected chi connectivity index (χ2v) is 10.5. The number of nitrogens with one attached hydrogen (secondary N) is 1. The Bertz CT molecular complexity index is 1120. The molecule has 2 amide bonds. The molecule has 1 unspecified atom stereocenters. The number of sulfonamides is 1. The zero-order chi connectivity index (χ0) is 26.1. The number of hydrogen-bond donors (Lipinski definition) is 2. The van der Waals surface area contributed by atoms with E-state index in [0.29, 0.717) is 37.1 Å². The van der Waals surface area contributed by atoms with Gasteiger partial charge in [0.15, 0.2) is 6.61 Å². The summed E-state index contributed by atoms with van der Waals surface area (Å²) >= 11 is 5.95. The maximum atomic E-state index is 13.1. The fraction of sp³-hybridized carbons (Fsp3) is 0.417. The van der Waals surface area contributed by atoms with Crippen molar-refractivity contribution in [1.29, 1.82) is 0 Å². The number of ether oxygens (including phenoxy) is 2. The smallest absolute Gasteiger partial charge is 0.261 e. The van der Waals surface area contributed by atoms with Crippen molar-refractivity contribution in [2.75, 3.05) is 46.1 Å². The topological polar surface area (TPSA) is 125 Å². The lowest BCUT2D eigenvalue weighted by molar-refractivity contribution is -0.142. The van der Waals surface area contributed by atoms with E-state index in [0.717, 1.165) is 5.56 Å². The van der Waals surface area contributed by atoms with E-state index in [4.69, 9.17) is 26.2 Å². The standard InChI is InChI=1S/C24H30ClN3O7S/c1-18(24(31)26-10-13-29)28(16-19-2-4-20(25)5-3-19)23(30)17-35-21-6-8-22(9-7-21)36(32,33)27-11-14-34-15-12-27/h2-9,18,29H,10-17H2,1H3,(H,26,31). The molecule has 1 atom stereocenters. The SMILES string of the molecule is CC(C(=O)NCCO)N(Cc1ccc(Cl)cc1)C(=O)COc1ccc(S(=O)(=O)N2CCOCC2)cc1. The molecule has 1 fully saturated rings. The van der Waals surface area contributed by atoms with E-state index in [9.17, 15) is 18.0 Å². The molecule has 1 aliphatic rings. The van der Waals surface area contributed by atoms with Crippen molar-refractivity contribution < 1.29 is 32.6 Å². The summed E-state index contributed by atoms with van der Waals surface area (Å²) in [7, 11) is -3.64. The van der Waals surface area contributed by atoms with Crippen LogP contribution in [0.5, 0.6) is 5.75 Å². The molecular weight excluding hydrogens is 510 g/mol. The first-order chi connectivity index (χ1) is 17.2. The van der Waals surface area contributed by atoms with Crippen molar-refractivity contribution in [1.82, 2.24) is 14.5 Å². The van der Waals surface area contributed by atoms with Gasteiger partial charge >= 0.3 is 0 Å². The number of carbonyl (C=O) groups is 2. The van der Waals surface area contributed by atoms with Gasteiger partial charge in [-0.2, -0.15) is 4.31 Å². The summed E-state index contributed by atoms with van der Waals surface area (Å²) in [5.74, 6) is -0.543. The molecule has 196 valence electrons. The number of amides is 2. The number of morpholine rings is 1. The van der Waals surface area contributed by atoms with E-state index in [-0.39, 0.29) is 31.2 Å². The Hall–Kier alpha value is -2.70. The fourth-order valence-corrected chi connectivity index (χ4v) is 5.10. The molecule has 0 aliphatic carbocycles. The van der Waals surface area contributed by atoms with Crippen LogP contribution in [0.2, 0.25) is 5.02 Å². The van der Waals surface area contributed by atoms with Gasteiger partial charge in [0.2, 0.25) is 15.9 Å². The van der Waals surface area contributed by atoms with E-state index in [1.807, 2.05) is 0 Å². The molecule has 1 saturated heterocycles. The third-order valence-corrected chi connectivity index (χ3v) is 7.80. The number of hydrogen-bond acceptors (Lipinski definition) is 7. The Morgan fingerprint density at radius 3 is 2.39 bits per heavy atom. The molecule has 2 aromatic rings. The largest absolute Gasteiger partial charge is 0.484 e. The van der Waals surface area contributed by atoms with Gasteiger partial charge in [0.25, 0.3) is 5.91 Å². The lowest BCUT2D eigenvalue weighted by atomic mass is 10.1. The Morgan fingerprint density at radius 2 is 1.78 bits per heavy atom. The Labute approximate surface area is 215 Å². The number of nitrogens with zero attached hydrogens (tertiary/aromatic N) is 2. The third-order valence-electron chi connectivity index (χ3n) is 5.64. The van der Waals surface area contributed by atoms with E-state index in [1.165, 1.54) is 33.5 Å². The second kappa shape index (κ2) is 13.0. The quantitative estimate of drug-likeness (QED) is 0.440. The van der Waals surface area contributed by atoms with Gasteiger partial charge in [0.1, 0.15) is 11.8 Å². The number of halogens is 1. The fourth-order valence-electron chi connectivity index (χ4n) is 3.57. The third kappa shape index (κ3) is 7.40. The Balaban J connectivity index is 1.67. The zero-order valence-corrected chi connectivity index (χ0v) is 21.5. The summed E-state index contributed by atoms with van der Waals surface area (Å²) in [6.45, 7) is 2.52. The summed E-state index contributed by atoms with van der Waals surface area (Å²) in [4.78, 5) is 27.0. The summed E-state index contributed by atoms with van der Waals surface area (Å²) in [5, 5.41) is 12.1. The molecule has 0 spiro atoms. The highest BCUT2D eigenvalue weighted by molar-refractivity contribution is 7.89. The average molecular weight is 540 g/mol. The monoisotopic (exact) mass is 539 g/mol. The number of aliphatic hydroxyl groups is 1. The summed E-state index contributed by atoms with van der Waals surface area (Å²) in [5.41, 5.74) is 0.771. The molecule has 10 nitrogen and oxygen atoms in total. The predicted octanol–water partition coefficient (Wildman–Crippen LogP) is 1.27. The highest BCUT2D eigenvalue weighted by atomic mass is 35.5. The molecular formula is C24H30ClN3O7S. The minimum Gasteiger partial charge on any atom is -0.484 e. The maximum absolute atomic E-state index is 13.1. The van der Waals surface area contributed by atoms with Gasteiger partial charge in [-0.15, -0.1) is 0 Å². The van der Waals surface area contributed by atoms with Crippen LogP contribution in [0.1, 0.15) is 12.5 Å². The minimum absolute atomic E-state index is 0.0718. The molecule has 1 aliphatic heterocycles. The van der Waals surface area contributed by atoms with Crippen LogP contribution in [-0.2, 0) is 30.9 Å². The maximum Gasteiger partial charge on any atom is 0.261 e. The minimum atomic E-state index is -3.64. The van der Waals surface area contributed by atoms with Crippen molar-refractivity contribution in [2.45, 2.75) is 24.4 Å². The first-order valence-corrected chi connectivity index (χ1v) is 13.3. The highest BCUT2D eigenvalue weighted by Gasteiger charge is 2.28. The highest BCUT2D eigenvalue weighted by Crippen LogP contribution is 2.21. The number of benzene rings is 2. The van der Waals surface area contributed by atoms with Gasteiger partial charge in [0.05, 0.1) is 24.7 Å². The normalized spacial score (nSPS) is 15.2. The average Bonchev–Trinajstić information content (AvgIpc) is 2.90. The molecule has 12 heteroatoms. The predicted molar refractivity (Wildman–Crippen MR) is 133 cm³/mol. The van der Waals surface area contributed by atoms with Crippen molar-refractivity contribution >= 4 is 33.4 Å². The van der Waals surface area contributed by atoms with E-state index in [1.54, 1.807) is 31.2 Å². The number of aliphatic hydroxyl groups excluding tert-OH is 1. The number of rotatable bonds is 11. The molecule has 0 bridgehead atoms. The lowest BCUT2D eigenvalue weighted by Gasteiger charge is -2.28. The molecule has 3 rings (SSSR count). The van der Waals surface area contributed by atoms with Crippen LogP contribution in [0.15, 0.2) is 53.4 Å². The van der Waals surface area contributed by atoms with Crippen molar-refractivity contribution in [3.8, 4) is 5.75 Å². The summed E-state index contributed by atoms with van der Waals surface area (Å²) in [6, 6.07) is 11.9. The van der Waals surface area contributed by atoms with Gasteiger partial charge in [-0.3, -0.25) is 9.59 Å². The second-order valence-electron chi connectivity index (χ2n) is 8.12. The summed E-state index contributed by atoms with van der Waals surface area (Å²) < 4.78 is 37.7. The van der Waals surface area contributed by atoms with E-state index >= 15 is 0 Å².